The highest BCUT2D eigenvalue weighted by molar-refractivity contribution is 5.66. The summed E-state index contributed by atoms with van der Waals surface area (Å²) < 4.78 is 138. The summed E-state index contributed by atoms with van der Waals surface area (Å²) in [4.78, 5) is -0.123. The number of anilines is 2. The summed E-state index contributed by atoms with van der Waals surface area (Å²) in [5.74, 6) is -24.7. The van der Waals surface area contributed by atoms with Gasteiger partial charge in [0.25, 0.3) is 0 Å². The van der Waals surface area contributed by atoms with Crippen LogP contribution in [0.15, 0.2) is 0 Å². The zero-order valence-corrected chi connectivity index (χ0v) is 14.8. The van der Waals surface area contributed by atoms with Crippen molar-refractivity contribution in [1.29, 1.82) is 0 Å². The molecule has 2 aromatic rings. The molecular formula is C18H13F10N. The van der Waals surface area contributed by atoms with E-state index in [2.05, 4.69) is 0 Å². The van der Waals surface area contributed by atoms with Gasteiger partial charge in [-0.05, 0) is 6.42 Å². The van der Waals surface area contributed by atoms with Crippen LogP contribution in [0.2, 0.25) is 0 Å². The number of rotatable bonds is 7. The molecule has 0 aliphatic carbocycles. The fourth-order valence-corrected chi connectivity index (χ4v) is 2.69. The highest BCUT2D eigenvalue weighted by atomic mass is 19.2. The summed E-state index contributed by atoms with van der Waals surface area (Å²) in [6, 6.07) is 0. The van der Waals surface area contributed by atoms with Gasteiger partial charge in [-0.3, -0.25) is 0 Å². The second-order valence-electron chi connectivity index (χ2n) is 6.05. The summed E-state index contributed by atoms with van der Waals surface area (Å²) in [7, 11) is 0. The van der Waals surface area contributed by atoms with Crippen molar-refractivity contribution < 1.29 is 43.9 Å². The molecule has 0 spiro atoms. The van der Waals surface area contributed by atoms with Crippen LogP contribution < -0.4 is 4.90 Å². The lowest BCUT2D eigenvalue weighted by Crippen LogP contribution is -2.26. The lowest BCUT2D eigenvalue weighted by Gasteiger charge is -2.27. The van der Waals surface area contributed by atoms with E-state index in [0.29, 0.717) is 12.8 Å². The van der Waals surface area contributed by atoms with E-state index in [1.165, 1.54) is 0 Å². The first kappa shape index (κ1) is 22.8. The van der Waals surface area contributed by atoms with Crippen LogP contribution in [-0.2, 0) is 0 Å². The summed E-state index contributed by atoms with van der Waals surface area (Å²) >= 11 is 0. The molecule has 1 nitrogen and oxygen atoms in total. The van der Waals surface area contributed by atoms with Gasteiger partial charge in [0.2, 0.25) is 11.6 Å². The highest BCUT2D eigenvalue weighted by Crippen LogP contribution is 2.39. The van der Waals surface area contributed by atoms with Gasteiger partial charge < -0.3 is 4.90 Å². The van der Waals surface area contributed by atoms with Crippen LogP contribution in [0.3, 0.4) is 0 Å². The monoisotopic (exact) mass is 433 g/mol. The van der Waals surface area contributed by atoms with E-state index in [9.17, 15) is 43.9 Å². The van der Waals surface area contributed by atoms with Gasteiger partial charge in [-0.25, -0.2) is 43.9 Å². The third kappa shape index (κ3) is 3.99. The maximum absolute atomic E-state index is 14.2. The number of halogens is 10. The molecule has 0 bridgehead atoms. The first-order valence-electron chi connectivity index (χ1n) is 8.36. The molecule has 0 saturated carbocycles. The van der Waals surface area contributed by atoms with E-state index in [4.69, 9.17) is 0 Å². The standard InChI is InChI=1S/C18H13F10N/c1-2-3-4-5-6-29(17-13(25)9(21)7(19)10(22)14(17)26)18-15(27)11(23)8(20)12(24)16(18)28/h2-6H2,1H3. The molecule has 2 rings (SSSR count). The molecule has 0 heterocycles. The van der Waals surface area contributed by atoms with Crippen LogP contribution in [0.5, 0.6) is 0 Å². The van der Waals surface area contributed by atoms with Gasteiger partial charge in [-0.15, -0.1) is 0 Å². The zero-order valence-electron chi connectivity index (χ0n) is 14.8. The molecular weight excluding hydrogens is 420 g/mol. The predicted octanol–water partition coefficient (Wildman–Crippen LogP) is 6.80. The van der Waals surface area contributed by atoms with Gasteiger partial charge in [0, 0.05) is 6.54 Å². The fraction of sp³-hybridized carbons (Fsp3) is 0.333. The molecule has 2 aromatic carbocycles. The van der Waals surface area contributed by atoms with Crippen LogP contribution in [-0.4, -0.2) is 6.54 Å². The van der Waals surface area contributed by atoms with E-state index in [1.54, 1.807) is 6.92 Å². The highest BCUT2D eigenvalue weighted by Gasteiger charge is 2.35. The third-order valence-corrected chi connectivity index (χ3v) is 4.15. The Morgan fingerprint density at radius 3 is 1.07 bits per heavy atom. The molecule has 0 unspecified atom stereocenters. The average molecular weight is 433 g/mol. The quantitative estimate of drug-likeness (QED) is 0.201. The molecule has 0 atom stereocenters. The number of hydrogen-bond acceptors (Lipinski definition) is 1. The summed E-state index contributed by atoms with van der Waals surface area (Å²) in [6.45, 7) is 0.989. The second kappa shape index (κ2) is 8.91. The Bertz CT molecular complexity index is 800. The van der Waals surface area contributed by atoms with Gasteiger partial charge in [0.15, 0.2) is 46.5 Å². The number of benzene rings is 2. The number of unbranched alkanes of at least 4 members (excludes halogenated alkanes) is 3. The molecule has 0 aromatic heterocycles. The van der Waals surface area contributed by atoms with Crippen molar-refractivity contribution >= 4 is 11.4 Å². The van der Waals surface area contributed by atoms with Gasteiger partial charge in [-0.2, -0.15) is 0 Å². The maximum atomic E-state index is 14.2. The Morgan fingerprint density at radius 1 is 0.448 bits per heavy atom. The van der Waals surface area contributed by atoms with E-state index >= 15 is 0 Å². The molecule has 11 heteroatoms. The molecule has 0 aliphatic rings. The molecule has 0 radical (unpaired) electrons. The average Bonchev–Trinajstić information content (AvgIpc) is 2.70. The van der Waals surface area contributed by atoms with Gasteiger partial charge in [0.1, 0.15) is 11.4 Å². The lowest BCUT2D eigenvalue weighted by molar-refractivity contribution is 0.372. The van der Waals surface area contributed by atoms with E-state index in [1.807, 2.05) is 0 Å². The summed E-state index contributed by atoms with van der Waals surface area (Å²) in [6.07, 6.45) is 1.36. The minimum atomic E-state index is -2.54. The van der Waals surface area contributed by atoms with Crippen LogP contribution in [0.1, 0.15) is 32.6 Å². The molecule has 0 fully saturated rings. The molecule has 160 valence electrons. The minimum absolute atomic E-state index is 0.104. The number of hydrogen-bond donors (Lipinski definition) is 0. The fourth-order valence-electron chi connectivity index (χ4n) is 2.69. The Kier molecular flexibility index (Phi) is 7.02. The Morgan fingerprint density at radius 2 is 0.759 bits per heavy atom. The topological polar surface area (TPSA) is 3.24 Å². The normalized spacial score (nSPS) is 11.3. The van der Waals surface area contributed by atoms with Gasteiger partial charge >= 0.3 is 0 Å². The maximum Gasteiger partial charge on any atom is 0.200 e. The Hall–Kier alpha value is -2.46. The van der Waals surface area contributed by atoms with Crippen LogP contribution in [0, 0.1) is 58.2 Å². The van der Waals surface area contributed by atoms with Crippen LogP contribution >= 0.6 is 0 Å². The van der Waals surface area contributed by atoms with Crippen molar-refractivity contribution in [3.05, 3.63) is 58.2 Å². The van der Waals surface area contributed by atoms with Crippen molar-refractivity contribution in [2.45, 2.75) is 32.6 Å². The first-order valence-corrected chi connectivity index (χ1v) is 8.36. The zero-order chi connectivity index (χ0) is 22.0. The Labute approximate surface area is 158 Å². The first-order chi connectivity index (χ1) is 13.6. The van der Waals surface area contributed by atoms with Gasteiger partial charge in [0.05, 0.1) is 0 Å². The Balaban J connectivity index is 2.78. The lowest BCUT2D eigenvalue weighted by atomic mass is 10.1. The number of nitrogens with zero attached hydrogens (tertiary/aromatic N) is 1. The second-order valence-corrected chi connectivity index (χ2v) is 6.05. The van der Waals surface area contributed by atoms with E-state index < -0.39 is 76.1 Å². The minimum Gasteiger partial charge on any atom is -0.332 e. The molecule has 0 aliphatic heterocycles. The predicted molar refractivity (Wildman–Crippen MR) is 83.6 cm³/mol. The van der Waals surface area contributed by atoms with Crippen molar-refractivity contribution in [2.75, 3.05) is 11.4 Å². The SMILES string of the molecule is CCCCCCN(c1c(F)c(F)c(F)c(F)c1F)c1c(F)c(F)c(F)c(F)c1F. The van der Waals surface area contributed by atoms with Gasteiger partial charge in [-0.1, -0.05) is 26.2 Å². The molecule has 0 N–H and O–H groups in total. The summed E-state index contributed by atoms with van der Waals surface area (Å²) in [5.41, 5.74) is -3.64. The molecule has 29 heavy (non-hydrogen) atoms. The van der Waals surface area contributed by atoms with Crippen molar-refractivity contribution in [1.82, 2.24) is 0 Å². The smallest absolute Gasteiger partial charge is 0.200 e. The molecule has 0 saturated heterocycles. The van der Waals surface area contributed by atoms with Crippen molar-refractivity contribution in [3.63, 3.8) is 0 Å². The van der Waals surface area contributed by atoms with Crippen molar-refractivity contribution in [2.24, 2.45) is 0 Å². The van der Waals surface area contributed by atoms with E-state index in [-0.39, 0.29) is 17.7 Å². The molecule has 0 amide bonds. The van der Waals surface area contributed by atoms with Crippen molar-refractivity contribution in [3.8, 4) is 0 Å². The largest absolute Gasteiger partial charge is 0.332 e. The van der Waals surface area contributed by atoms with Crippen LogP contribution in [0.4, 0.5) is 55.3 Å². The van der Waals surface area contributed by atoms with Crippen LogP contribution in [0.25, 0.3) is 0 Å². The third-order valence-electron chi connectivity index (χ3n) is 4.15. The van der Waals surface area contributed by atoms with E-state index in [0.717, 1.165) is 0 Å². The summed E-state index contributed by atoms with van der Waals surface area (Å²) in [5, 5.41) is 0.